The average molecular weight is 241 g/mol. The summed E-state index contributed by atoms with van der Waals surface area (Å²) in [5.74, 6) is -0.0906. The largest absolute Gasteiger partial charge is 0.490 e. The summed E-state index contributed by atoms with van der Waals surface area (Å²) in [6.45, 7) is 4.15. The molecule has 0 fully saturated rings. The zero-order valence-corrected chi connectivity index (χ0v) is 10.6. The maximum atomic E-state index is 13.4. The fourth-order valence-electron chi connectivity index (χ4n) is 1.39. The molecule has 1 aromatic rings. The highest BCUT2D eigenvalue weighted by Gasteiger charge is 2.20. The molecule has 3 nitrogen and oxygen atoms in total. The van der Waals surface area contributed by atoms with Gasteiger partial charge in [-0.15, -0.1) is 0 Å². The third kappa shape index (κ3) is 3.98. The lowest BCUT2D eigenvalue weighted by molar-refractivity contribution is 0.149. The Morgan fingerprint density at radius 1 is 1.47 bits per heavy atom. The van der Waals surface area contributed by atoms with E-state index in [-0.39, 0.29) is 23.7 Å². The Balaban J connectivity index is 2.53. The monoisotopic (exact) mass is 241 g/mol. The van der Waals surface area contributed by atoms with Gasteiger partial charge in [0.15, 0.2) is 11.6 Å². The third-order valence-electron chi connectivity index (χ3n) is 2.95. The molecule has 1 rings (SSSR count). The minimum Gasteiger partial charge on any atom is -0.490 e. The molecule has 0 amide bonds. The summed E-state index contributed by atoms with van der Waals surface area (Å²) in [6.07, 6.45) is 0.605. The van der Waals surface area contributed by atoms with Gasteiger partial charge >= 0.3 is 0 Å². The van der Waals surface area contributed by atoms with Crippen LogP contribution in [0.1, 0.15) is 18.9 Å². The molecule has 1 aromatic carbocycles. The van der Waals surface area contributed by atoms with Gasteiger partial charge in [0.2, 0.25) is 0 Å². The number of hydrogen-bond acceptors (Lipinski definition) is 3. The van der Waals surface area contributed by atoms with Gasteiger partial charge in [0, 0.05) is 12.0 Å². The van der Waals surface area contributed by atoms with Gasteiger partial charge < -0.3 is 15.2 Å². The van der Waals surface area contributed by atoms with Crippen molar-refractivity contribution < 1.29 is 14.2 Å². The molecule has 4 heteroatoms. The van der Waals surface area contributed by atoms with Crippen LogP contribution >= 0.6 is 0 Å². The number of rotatable bonds is 6. The van der Waals surface area contributed by atoms with Gasteiger partial charge in [-0.25, -0.2) is 4.39 Å². The van der Waals surface area contributed by atoms with E-state index in [1.807, 2.05) is 13.8 Å². The van der Waals surface area contributed by atoms with Crippen molar-refractivity contribution in [2.45, 2.75) is 25.8 Å². The van der Waals surface area contributed by atoms with Crippen LogP contribution in [0.25, 0.3) is 0 Å². The molecule has 0 aliphatic heterocycles. The summed E-state index contributed by atoms with van der Waals surface area (Å²) < 4.78 is 18.8. The number of benzene rings is 1. The van der Waals surface area contributed by atoms with Crippen molar-refractivity contribution in [1.29, 1.82) is 0 Å². The Kier molecular flexibility index (Phi) is 4.90. The summed E-state index contributed by atoms with van der Waals surface area (Å²) in [7, 11) is 1.78. The summed E-state index contributed by atoms with van der Waals surface area (Å²) in [6, 6.07) is 4.77. The number of aliphatic hydroxyl groups excluding tert-OH is 1. The molecule has 1 unspecified atom stereocenters. The van der Waals surface area contributed by atoms with Gasteiger partial charge in [0.05, 0.1) is 13.2 Å². The van der Waals surface area contributed by atoms with Crippen molar-refractivity contribution in [1.82, 2.24) is 5.32 Å². The molecule has 17 heavy (non-hydrogen) atoms. The molecule has 0 spiro atoms. The van der Waals surface area contributed by atoms with Crippen LogP contribution in [0.2, 0.25) is 0 Å². The van der Waals surface area contributed by atoms with E-state index in [1.54, 1.807) is 19.2 Å². The molecule has 96 valence electrons. The van der Waals surface area contributed by atoms with Crippen molar-refractivity contribution in [2.75, 3.05) is 20.3 Å². The number of halogens is 1. The zero-order chi connectivity index (χ0) is 12.9. The second kappa shape index (κ2) is 5.98. The number of nitrogens with one attached hydrogen (secondary N) is 1. The van der Waals surface area contributed by atoms with E-state index >= 15 is 0 Å². The topological polar surface area (TPSA) is 41.5 Å². The highest BCUT2D eigenvalue weighted by atomic mass is 19.1. The van der Waals surface area contributed by atoms with E-state index in [0.717, 1.165) is 5.56 Å². The SMILES string of the molecule is CNC(C)(CO)CCOc1cc(C)ccc1F. The van der Waals surface area contributed by atoms with E-state index in [0.29, 0.717) is 13.0 Å². The molecule has 0 radical (unpaired) electrons. The van der Waals surface area contributed by atoms with Gasteiger partial charge in [-0.3, -0.25) is 0 Å². The van der Waals surface area contributed by atoms with Crippen molar-refractivity contribution >= 4 is 0 Å². The van der Waals surface area contributed by atoms with Crippen LogP contribution in [0.15, 0.2) is 18.2 Å². The van der Waals surface area contributed by atoms with Crippen LogP contribution in [-0.4, -0.2) is 30.9 Å². The molecule has 0 aromatic heterocycles. The number of ether oxygens (including phenoxy) is 1. The first-order valence-corrected chi connectivity index (χ1v) is 5.69. The molecule has 0 saturated heterocycles. The number of aryl methyl sites for hydroxylation is 1. The minimum atomic E-state index is -0.389. The van der Waals surface area contributed by atoms with E-state index < -0.39 is 0 Å². The third-order valence-corrected chi connectivity index (χ3v) is 2.95. The van der Waals surface area contributed by atoms with Crippen molar-refractivity contribution in [3.63, 3.8) is 0 Å². The zero-order valence-electron chi connectivity index (χ0n) is 10.6. The molecular weight excluding hydrogens is 221 g/mol. The average Bonchev–Trinajstić information content (AvgIpc) is 2.33. The first-order chi connectivity index (χ1) is 8.00. The minimum absolute atomic E-state index is 0.0170. The maximum Gasteiger partial charge on any atom is 0.165 e. The van der Waals surface area contributed by atoms with Gasteiger partial charge in [-0.2, -0.15) is 0 Å². The van der Waals surface area contributed by atoms with Crippen LogP contribution in [-0.2, 0) is 0 Å². The molecule has 1 atom stereocenters. The first-order valence-electron chi connectivity index (χ1n) is 5.69. The highest BCUT2D eigenvalue weighted by molar-refractivity contribution is 5.29. The second-order valence-corrected chi connectivity index (χ2v) is 4.50. The number of likely N-dealkylation sites (N-methyl/N-ethyl adjacent to an activating group) is 1. The lowest BCUT2D eigenvalue weighted by atomic mass is 10.0. The van der Waals surface area contributed by atoms with Crippen molar-refractivity contribution in [3.8, 4) is 5.75 Å². The summed E-state index contributed by atoms with van der Waals surface area (Å²) in [5.41, 5.74) is 0.570. The molecular formula is C13H20FNO2. The summed E-state index contributed by atoms with van der Waals surface area (Å²) >= 11 is 0. The molecule has 0 heterocycles. The van der Waals surface area contributed by atoms with E-state index in [1.165, 1.54) is 6.07 Å². The fraction of sp³-hybridized carbons (Fsp3) is 0.538. The Bertz CT molecular complexity index is 364. The summed E-state index contributed by atoms with van der Waals surface area (Å²) in [5, 5.41) is 12.2. The van der Waals surface area contributed by atoms with E-state index in [4.69, 9.17) is 4.74 Å². The molecule has 0 aliphatic carbocycles. The quantitative estimate of drug-likeness (QED) is 0.799. The predicted octanol–water partition coefficient (Wildman–Crippen LogP) is 1.87. The van der Waals surface area contributed by atoms with Crippen LogP contribution in [0.4, 0.5) is 4.39 Å². The second-order valence-electron chi connectivity index (χ2n) is 4.50. The molecule has 0 saturated carbocycles. The van der Waals surface area contributed by atoms with Gasteiger partial charge in [0.25, 0.3) is 0 Å². The van der Waals surface area contributed by atoms with E-state index in [9.17, 15) is 9.50 Å². The lowest BCUT2D eigenvalue weighted by Gasteiger charge is -2.26. The number of aliphatic hydroxyl groups is 1. The van der Waals surface area contributed by atoms with Crippen LogP contribution < -0.4 is 10.1 Å². The molecule has 2 N–H and O–H groups in total. The van der Waals surface area contributed by atoms with Crippen LogP contribution in [0.3, 0.4) is 0 Å². The lowest BCUT2D eigenvalue weighted by Crippen LogP contribution is -2.44. The number of hydrogen-bond donors (Lipinski definition) is 2. The Hall–Kier alpha value is -1.13. The fourth-order valence-corrected chi connectivity index (χ4v) is 1.39. The van der Waals surface area contributed by atoms with E-state index in [2.05, 4.69) is 5.32 Å². The van der Waals surface area contributed by atoms with Crippen molar-refractivity contribution in [3.05, 3.63) is 29.6 Å². The van der Waals surface area contributed by atoms with Gasteiger partial charge in [-0.05, 0) is 38.6 Å². The smallest absolute Gasteiger partial charge is 0.165 e. The summed E-state index contributed by atoms with van der Waals surface area (Å²) in [4.78, 5) is 0. The molecule has 0 aliphatic rings. The standard InChI is InChI=1S/C13H20FNO2/c1-10-4-5-11(14)12(8-10)17-7-6-13(2,9-16)15-3/h4-5,8,15-16H,6-7,9H2,1-3H3. The highest BCUT2D eigenvalue weighted by Crippen LogP contribution is 2.19. The first kappa shape index (κ1) is 13.9. The molecule has 0 bridgehead atoms. The van der Waals surface area contributed by atoms with Crippen LogP contribution in [0.5, 0.6) is 5.75 Å². The van der Waals surface area contributed by atoms with Gasteiger partial charge in [-0.1, -0.05) is 6.07 Å². The normalized spacial score (nSPS) is 14.4. The Labute approximate surface area is 102 Å². The van der Waals surface area contributed by atoms with Gasteiger partial charge in [0.1, 0.15) is 0 Å². The predicted molar refractivity (Wildman–Crippen MR) is 65.8 cm³/mol. The van der Waals surface area contributed by atoms with Crippen LogP contribution in [0, 0.1) is 12.7 Å². The maximum absolute atomic E-state index is 13.4. The van der Waals surface area contributed by atoms with Crippen molar-refractivity contribution in [2.24, 2.45) is 0 Å². The Morgan fingerprint density at radius 2 is 2.18 bits per heavy atom. The Morgan fingerprint density at radius 3 is 2.76 bits per heavy atom.